The Hall–Kier alpha value is -1.61. The molecule has 0 fully saturated rings. The van der Waals surface area contributed by atoms with Crippen molar-refractivity contribution in [3.8, 4) is 0 Å². The molecule has 0 aliphatic rings. The number of rotatable bonds is 10. The number of aliphatic imine (C=N–C) groups is 1. The molecule has 0 spiro atoms. The summed E-state index contributed by atoms with van der Waals surface area (Å²) in [6.07, 6.45) is 5.62. The average Bonchev–Trinajstić information content (AvgIpc) is 3.16. The van der Waals surface area contributed by atoms with Crippen molar-refractivity contribution in [2.45, 2.75) is 59.8 Å². The minimum Gasteiger partial charge on any atom is -0.357 e. The van der Waals surface area contributed by atoms with Crippen LogP contribution in [0.3, 0.4) is 0 Å². The lowest BCUT2D eigenvalue weighted by atomic mass is 10.1. The van der Waals surface area contributed by atoms with E-state index in [9.17, 15) is 0 Å². The Morgan fingerprint density at radius 1 is 1.07 bits per heavy atom. The van der Waals surface area contributed by atoms with E-state index in [2.05, 4.69) is 84.0 Å². The van der Waals surface area contributed by atoms with Gasteiger partial charge < -0.3 is 15.2 Å². The van der Waals surface area contributed by atoms with E-state index in [1.165, 1.54) is 11.1 Å². The highest BCUT2D eigenvalue weighted by molar-refractivity contribution is 14.0. The maximum atomic E-state index is 4.74. The summed E-state index contributed by atoms with van der Waals surface area (Å²) in [5.41, 5.74) is 2.47. The van der Waals surface area contributed by atoms with Crippen LogP contribution in [0.25, 0.3) is 0 Å². The van der Waals surface area contributed by atoms with Crippen molar-refractivity contribution in [3.63, 3.8) is 0 Å². The van der Waals surface area contributed by atoms with Crippen molar-refractivity contribution in [3.05, 3.63) is 54.1 Å². The zero-order valence-corrected chi connectivity index (χ0v) is 20.8. The van der Waals surface area contributed by atoms with Gasteiger partial charge in [-0.25, -0.2) is 9.98 Å². The predicted octanol–water partition coefficient (Wildman–Crippen LogP) is 3.72. The number of imidazole rings is 1. The molecule has 0 radical (unpaired) electrons. The van der Waals surface area contributed by atoms with Gasteiger partial charge in [-0.15, -0.1) is 24.0 Å². The van der Waals surface area contributed by atoms with Gasteiger partial charge in [0.1, 0.15) is 0 Å². The van der Waals surface area contributed by atoms with Crippen LogP contribution in [0.4, 0.5) is 0 Å². The molecule has 2 rings (SSSR count). The zero-order chi connectivity index (χ0) is 20.4. The Morgan fingerprint density at radius 2 is 1.72 bits per heavy atom. The average molecular weight is 512 g/mol. The van der Waals surface area contributed by atoms with Gasteiger partial charge >= 0.3 is 0 Å². The smallest absolute Gasteiger partial charge is 0.191 e. The largest absolute Gasteiger partial charge is 0.357 e. The molecular formula is C22H37IN6. The van der Waals surface area contributed by atoms with Gasteiger partial charge in [0.2, 0.25) is 0 Å². The molecule has 1 heterocycles. The SMILES string of the molecule is CCNC(=NCc1ccc(Cn2ccnc2)cc1)NCCN(C(C)C)C(C)C.I. The Morgan fingerprint density at radius 3 is 2.28 bits per heavy atom. The molecule has 7 heteroatoms. The van der Waals surface area contributed by atoms with Crippen LogP contribution in [0, 0.1) is 0 Å². The summed E-state index contributed by atoms with van der Waals surface area (Å²) in [7, 11) is 0. The Kier molecular flexibility index (Phi) is 11.9. The summed E-state index contributed by atoms with van der Waals surface area (Å²) < 4.78 is 2.07. The van der Waals surface area contributed by atoms with Crippen LogP contribution in [0.1, 0.15) is 45.7 Å². The van der Waals surface area contributed by atoms with E-state index in [1.54, 1.807) is 6.20 Å². The minimum atomic E-state index is 0. The molecule has 1 aromatic carbocycles. The molecule has 0 atom stereocenters. The van der Waals surface area contributed by atoms with Gasteiger partial charge in [-0.1, -0.05) is 24.3 Å². The van der Waals surface area contributed by atoms with Gasteiger partial charge in [0.15, 0.2) is 5.96 Å². The van der Waals surface area contributed by atoms with Crippen molar-refractivity contribution in [1.29, 1.82) is 0 Å². The number of aromatic nitrogens is 2. The first-order valence-corrected chi connectivity index (χ1v) is 10.3. The molecule has 0 amide bonds. The first-order valence-electron chi connectivity index (χ1n) is 10.3. The number of halogens is 1. The molecule has 0 aliphatic heterocycles. The number of hydrogen-bond donors (Lipinski definition) is 2. The number of nitrogens with one attached hydrogen (secondary N) is 2. The van der Waals surface area contributed by atoms with Crippen molar-refractivity contribution in [2.75, 3.05) is 19.6 Å². The predicted molar refractivity (Wildman–Crippen MR) is 133 cm³/mol. The van der Waals surface area contributed by atoms with Gasteiger partial charge in [-0.05, 0) is 45.7 Å². The van der Waals surface area contributed by atoms with Crippen molar-refractivity contribution >= 4 is 29.9 Å². The molecular weight excluding hydrogens is 475 g/mol. The van der Waals surface area contributed by atoms with E-state index in [-0.39, 0.29) is 24.0 Å². The van der Waals surface area contributed by atoms with Crippen LogP contribution in [0.2, 0.25) is 0 Å². The van der Waals surface area contributed by atoms with Gasteiger partial charge in [0.05, 0.1) is 12.9 Å². The normalized spacial score (nSPS) is 11.8. The van der Waals surface area contributed by atoms with E-state index in [0.717, 1.165) is 32.1 Å². The molecule has 6 nitrogen and oxygen atoms in total. The fourth-order valence-corrected chi connectivity index (χ4v) is 3.27. The van der Waals surface area contributed by atoms with E-state index < -0.39 is 0 Å². The van der Waals surface area contributed by atoms with Crippen LogP contribution in [-0.2, 0) is 13.1 Å². The molecule has 0 unspecified atom stereocenters. The summed E-state index contributed by atoms with van der Waals surface area (Å²) in [5.74, 6) is 0.873. The third-order valence-corrected chi connectivity index (χ3v) is 4.70. The standard InChI is InChI=1S/C22H36N6.HI/c1-6-24-22(25-12-14-28(18(2)3)19(4)5)26-15-20-7-9-21(10-8-20)16-27-13-11-23-17-27;/h7-11,13,17-19H,6,12,14-16H2,1-5H3,(H2,24,25,26);1H. The summed E-state index contributed by atoms with van der Waals surface area (Å²) >= 11 is 0. The van der Waals surface area contributed by atoms with Gasteiger partial charge in [0.25, 0.3) is 0 Å². The summed E-state index contributed by atoms with van der Waals surface area (Å²) in [6.45, 7) is 15.3. The quantitative estimate of drug-likeness (QED) is 0.290. The third-order valence-electron chi connectivity index (χ3n) is 4.70. The van der Waals surface area contributed by atoms with Gasteiger partial charge in [-0.2, -0.15) is 0 Å². The fraction of sp³-hybridized carbons (Fsp3) is 0.545. The number of guanidine groups is 1. The fourth-order valence-electron chi connectivity index (χ4n) is 3.27. The molecule has 29 heavy (non-hydrogen) atoms. The second-order valence-corrected chi connectivity index (χ2v) is 7.60. The topological polar surface area (TPSA) is 57.5 Å². The van der Waals surface area contributed by atoms with Crippen molar-refractivity contribution in [2.24, 2.45) is 4.99 Å². The monoisotopic (exact) mass is 512 g/mol. The van der Waals surface area contributed by atoms with E-state index in [0.29, 0.717) is 18.6 Å². The zero-order valence-electron chi connectivity index (χ0n) is 18.4. The number of hydrogen-bond acceptors (Lipinski definition) is 3. The highest BCUT2D eigenvalue weighted by Crippen LogP contribution is 2.08. The van der Waals surface area contributed by atoms with Crippen LogP contribution < -0.4 is 10.6 Å². The van der Waals surface area contributed by atoms with Crippen LogP contribution >= 0.6 is 24.0 Å². The van der Waals surface area contributed by atoms with E-state index in [1.807, 2.05) is 12.5 Å². The molecule has 2 N–H and O–H groups in total. The number of benzene rings is 1. The Balaban J connectivity index is 0.00000420. The molecule has 162 valence electrons. The van der Waals surface area contributed by atoms with Crippen LogP contribution in [0.5, 0.6) is 0 Å². The molecule has 1 aromatic heterocycles. The molecule has 0 aliphatic carbocycles. The first-order chi connectivity index (χ1) is 13.5. The summed E-state index contributed by atoms with van der Waals surface area (Å²) in [6, 6.07) is 9.71. The number of nitrogens with zero attached hydrogens (tertiary/aromatic N) is 4. The molecule has 2 aromatic rings. The van der Waals surface area contributed by atoms with E-state index in [4.69, 9.17) is 4.99 Å². The lowest BCUT2D eigenvalue weighted by Crippen LogP contribution is -2.45. The Bertz CT molecular complexity index is 687. The minimum absolute atomic E-state index is 0. The van der Waals surface area contributed by atoms with Crippen molar-refractivity contribution < 1.29 is 0 Å². The molecule has 0 saturated carbocycles. The summed E-state index contributed by atoms with van der Waals surface area (Å²) in [4.78, 5) is 11.3. The highest BCUT2D eigenvalue weighted by atomic mass is 127. The molecule has 0 saturated heterocycles. The maximum Gasteiger partial charge on any atom is 0.191 e. The second kappa shape index (κ2) is 13.6. The lowest BCUT2D eigenvalue weighted by molar-refractivity contribution is 0.178. The Labute approximate surface area is 193 Å². The van der Waals surface area contributed by atoms with Crippen molar-refractivity contribution in [1.82, 2.24) is 25.1 Å². The first kappa shape index (κ1) is 25.4. The summed E-state index contributed by atoms with van der Waals surface area (Å²) in [5, 5.41) is 6.80. The lowest BCUT2D eigenvalue weighted by Gasteiger charge is -2.30. The van der Waals surface area contributed by atoms with E-state index >= 15 is 0 Å². The van der Waals surface area contributed by atoms with Crippen LogP contribution in [-0.4, -0.2) is 52.1 Å². The highest BCUT2D eigenvalue weighted by Gasteiger charge is 2.12. The third kappa shape index (κ3) is 9.16. The second-order valence-electron chi connectivity index (χ2n) is 7.60. The maximum absolute atomic E-state index is 4.74. The van der Waals surface area contributed by atoms with Gasteiger partial charge in [-0.3, -0.25) is 4.90 Å². The van der Waals surface area contributed by atoms with Gasteiger partial charge in [0, 0.05) is 50.7 Å². The molecule has 0 bridgehead atoms. The van der Waals surface area contributed by atoms with Crippen LogP contribution in [0.15, 0.2) is 48.0 Å².